The standard InChI is InChI=1S/C20H22FN3O2/c21-16-5-4-8-18(13-16)22-19(25)14-24-11-9-15(10-12-24)20(26)23-17-6-2-1-3-7-17/h1-8,13,15H,9-12,14H2,(H,22,25)(H,23,26)/p+1. The highest BCUT2D eigenvalue weighted by molar-refractivity contribution is 5.92. The van der Waals surface area contributed by atoms with E-state index in [9.17, 15) is 14.0 Å². The van der Waals surface area contributed by atoms with Gasteiger partial charge in [0.25, 0.3) is 5.91 Å². The van der Waals surface area contributed by atoms with Gasteiger partial charge in [-0.2, -0.15) is 0 Å². The molecule has 2 aromatic rings. The van der Waals surface area contributed by atoms with E-state index in [1.807, 2.05) is 30.3 Å². The third kappa shape index (κ3) is 5.13. The zero-order chi connectivity index (χ0) is 18.4. The van der Waals surface area contributed by atoms with E-state index < -0.39 is 0 Å². The van der Waals surface area contributed by atoms with Crippen molar-refractivity contribution in [3.8, 4) is 0 Å². The fourth-order valence-corrected chi connectivity index (χ4v) is 3.23. The van der Waals surface area contributed by atoms with Crippen LogP contribution in [0.2, 0.25) is 0 Å². The van der Waals surface area contributed by atoms with Gasteiger partial charge in [0.15, 0.2) is 6.54 Å². The summed E-state index contributed by atoms with van der Waals surface area (Å²) in [6.45, 7) is 1.86. The quantitative estimate of drug-likeness (QED) is 0.764. The van der Waals surface area contributed by atoms with E-state index >= 15 is 0 Å². The Morgan fingerprint density at radius 1 is 0.962 bits per heavy atom. The molecule has 2 aromatic carbocycles. The second-order valence-electron chi connectivity index (χ2n) is 6.61. The first-order valence-corrected chi connectivity index (χ1v) is 8.85. The van der Waals surface area contributed by atoms with Crippen LogP contribution < -0.4 is 15.5 Å². The van der Waals surface area contributed by atoms with Crippen molar-refractivity contribution < 1.29 is 18.9 Å². The number of carbonyl (C=O) groups is 2. The molecule has 0 bridgehead atoms. The molecule has 0 aromatic heterocycles. The van der Waals surface area contributed by atoms with Gasteiger partial charge in [-0.3, -0.25) is 9.59 Å². The molecular weight excluding hydrogens is 333 g/mol. The molecule has 1 fully saturated rings. The third-order valence-electron chi connectivity index (χ3n) is 4.62. The molecule has 2 amide bonds. The fourth-order valence-electron chi connectivity index (χ4n) is 3.23. The molecule has 1 aliphatic rings. The highest BCUT2D eigenvalue weighted by atomic mass is 19.1. The summed E-state index contributed by atoms with van der Waals surface area (Å²) >= 11 is 0. The Kier molecular flexibility index (Phi) is 5.96. The van der Waals surface area contributed by atoms with Crippen molar-refractivity contribution in [1.82, 2.24) is 0 Å². The molecule has 26 heavy (non-hydrogen) atoms. The number of quaternary nitrogens is 1. The van der Waals surface area contributed by atoms with Gasteiger partial charge in [-0.15, -0.1) is 0 Å². The van der Waals surface area contributed by atoms with Crippen molar-refractivity contribution in [3.05, 3.63) is 60.4 Å². The largest absolute Gasteiger partial charge is 0.327 e. The van der Waals surface area contributed by atoms with Crippen LogP contribution in [0, 0.1) is 11.7 Å². The molecule has 0 unspecified atom stereocenters. The second kappa shape index (κ2) is 8.58. The summed E-state index contributed by atoms with van der Waals surface area (Å²) < 4.78 is 13.2. The topological polar surface area (TPSA) is 62.6 Å². The van der Waals surface area contributed by atoms with Gasteiger partial charge in [0, 0.05) is 30.1 Å². The monoisotopic (exact) mass is 356 g/mol. The van der Waals surface area contributed by atoms with Gasteiger partial charge in [-0.1, -0.05) is 24.3 Å². The maximum Gasteiger partial charge on any atom is 0.279 e. The summed E-state index contributed by atoms with van der Waals surface area (Å²) in [5.74, 6) is -0.497. The Balaban J connectivity index is 1.43. The summed E-state index contributed by atoms with van der Waals surface area (Å²) in [7, 11) is 0. The van der Waals surface area contributed by atoms with Gasteiger partial charge >= 0.3 is 0 Å². The zero-order valence-corrected chi connectivity index (χ0v) is 14.5. The molecule has 0 aliphatic carbocycles. The first-order valence-electron chi connectivity index (χ1n) is 8.85. The fraction of sp³-hybridized carbons (Fsp3) is 0.300. The molecular formula is C20H23FN3O2+. The average molecular weight is 356 g/mol. The SMILES string of the molecule is O=C(C[NH+]1CCC(C(=O)Nc2ccccc2)CC1)Nc1cccc(F)c1. The smallest absolute Gasteiger partial charge is 0.279 e. The van der Waals surface area contributed by atoms with E-state index in [2.05, 4.69) is 10.6 Å². The lowest BCUT2D eigenvalue weighted by molar-refractivity contribution is -0.897. The number of anilines is 2. The van der Waals surface area contributed by atoms with Crippen molar-refractivity contribution in [1.29, 1.82) is 0 Å². The molecule has 3 rings (SSSR count). The van der Waals surface area contributed by atoms with E-state index in [4.69, 9.17) is 0 Å². The Hall–Kier alpha value is -2.73. The number of likely N-dealkylation sites (tertiary alicyclic amines) is 1. The van der Waals surface area contributed by atoms with Crippen LogP contribution in [-0.2, 0) is 9.59 Å². The predicted octanol–water partition coefficient (Wildman–Crippen LogP) is 1.70. The average Bonchev–Trinajstić information content (AvgIpc) is 2.63. The van der Waals surface area contributed by atoms with Gasteiger partial charge in [0.2, 0.25) is 5.91 Å². The molecule has 1 aliphatic heterocycles. The molecule has 0 atom stereocenters. The molecule has 0 spiro atoms. The van der Waals surface area contributed by atoms with E-state index in [1.165, 1.54) is 12.1 Å². The third-order valence-corrected chi connectivity index (χ3v) is 4.62. The molecule has 0 radical (unpaired) electrons. The summed E-state index contributed by atoms with van der Waals surface area (Å²) in [6.07, 6.45) is 1.50. The van der Waals surface area contributed by atoms with Crippen molar-refractivity contribution in [2.24, 2.45) is 5.92 Å². The molecule has 6 heteroatoms. The summed E-state index contributed by atoms with van der Waals surface area (Å²) in [5, 5.41) is 5.66. The summed E-state index contributed by atoms with van der Waals surface area (Å²) in [6, 6.07) is 15.3. The zero-order valence-electron chi connectivity index (χ0n) is 14.5. The first-order chi connectivity index (χ1) is 12.6. The number of rotatable bonds is 5. The number of benzene rings is 2. The first kappa shape index (κ1) is 18.1. The van der Waals surface area contributed by atoms with Crippen LogP contribution in [0.25, 0.3) is 0 Å². The molecule has 3 N–H and O–H groups in total. The van der Waals surface area contributed by atoms with E-state index in [0.717, 1.165) is 36.5 Å². The predicted molar refractivity (Wildman–Crippen MR) is 98.4 cm³/mol. The number of amides is 2. The van der Waals surface area contributed by atoms with Crippen molar-refractivity contribution >= 4 is 23.2 Å². The summed E-state index contributed by atoms with van der Waals surface area (Å²) in [4.78, 5) is 25.6. The van der Waals surface area contributed by atoms with Crippen LogP contribution in [0.4, 0.5) is 15.8 Å². The second-order valence-corrected chi connectivity index (χ2v) is 6.61. The van der Waals surface area contributed by atoms with Crippen LogP contribution >= 0.6 is 0 Å². The lowest BCUT2D eigenvalue weighted by Gasteiger charge is -2.28. The number of nitrogens with one attached hydrogen (secondary N) is 3. The van der Waals surface area contributed by atoms with Gasteiger partial charge in [0.1, 0.15) is 5.82 Å². The number of para-hydroxylation sites is 1. The Labute approximate surface area is 152 Å². The lowest BCUT2D eigenvalue weighted by Crippen LogP contribution is -3.14. The van der Waals surface area contributed by atoms with Gasteiger partial charge in [0.05, 0.1) is 13.1 Å². The maximum atomic E-state index is 13.2. The number of hydrogen-bond donors (Lipinski definition) is 3. The van der Waals surface area contributed by atoms with Crippen LogP contribution in [0.3, 0.4) is 0 Å². The Morgan fingerprint density at radius 3 is 2.35 bits per heavy atom. The van der Waals surface area contributed by atoms with Crippen LogP contribution in [0.15, 0.2) is 54.6 Å². The minimum atomic E-state index is -0.375. The minimum Gasteiger partial charge on any atom is -0.327 e. The van der Waals surface area contributed by atoms with E-state index in [0.29, 0.717) is 12.2 Å². The number of hydrogen-bond acceptors (Lipinski definition) is 2. The van der Waals surface area contributed by atoms with Crippen LogP contribution in [0.5, 0.6) is 0 Å². The highest BCUT2D eigenvalue weighted by Gasteiger charge is 2.28. The highest BCUT2D eigenvalue weighted by Crippen LogP contribution is 2.14. The number of carbonyl (C=O) groups excluding carboxylic acids is 2. The molecule has 136 valence electrons. The minimum absolute atomic E-state index is 0.0229. The van der Waals surface area contributed by atoms with Crippen molar-refractivity contribution in [2.45, 2.75) is 12.8 Å². The normalized spacial score (nSPS) is 19.6. The van der Waals surface area contributed by atoms with Gasteiger partial charge in [-0.25, -0.2) is 4.39 Å². The Bertz CT molecular complexity index is 759. The van der Waals surface area contributed by atoms with E-state index in [-0.39, 0.29) is 23.5 Å². The summed E-state index contributed by atoms with van der Waals surface area (Å²) in [5.41, 5.74) is 1.27. The van der Waals surface area contributed by atoms with Crippen LogP contribution in [-0.4, -0.2) is 31.4 Å². The Morgan fingerprint density at radius 2 is 1.65 bits per heavy atom. The molecule has 1 saturated heterocycles. The lowest BCUT2D eigenvalue weighted by atomic mass is 9.96. The van der Waals surface area contributed by atoms with Gasteiger partial charge in [-0.05, 0) is 30.3 Å². The van der Waals surface area contributed by atoms with Crippen molar-refractivity contribution in [2.75, 3.05) is 30.3 Å². The maximum absolute atomic E-state index is 13.2. The van der Waals surface area contributed by atoms with E-state index in [1.54, 1.807) is 12.1 Å². The number of piperidine rings is 1. The van der Waals surface area contributed by atoms with Gasteiger partial charge < -0.3 is 15.5 Å². The molecule has 0 saturated carbocycles. The van der Waals surface area contributed by atoms with Crippen LogP contribution in [0.1, 0.15) is 12.8 Å². The number of halogens is 1. The van der Waals surface area contributed by atoms with Crippen molar-refractivity contribution in [3.63, 3.8) is 0 Å². The molecule has 5 nitrogen and oxygen atoms in total. The molecule has 1 heterocycles.